The first-order valence-electron chi connectivity index (χ1n) is 7.12. The van der Waals surface area contributed by atoms with Crippen molar-refractivity contribution in [3.63, 3.8) is 0 Å². The molecule has 0 spiro atoms. The maximum Gasteiger partial charge on any atom is 0.0787 e. The zero-order valence-corrected chi connectivity index (χ0v) is 12.7. The summed E-state index contributed by atoms with van der Waals surface area (Å²) < 4.78 is 2.08. The molecule has 1 atom stereocenters. The van der Waals surface area contributed by atoms with Crippen molar-refractivity contribution in [3.05, 3.63) is 65.3 Å². The van der Waals surface area contributed by atoms with Crippen molar-refractivity contribution in [3.8, 4) is 0 Å². The van der Waals surface area contributed by atoms with Gasteiger partial charge in [0.05, 0.1) is 22.8 Å². The topological polar surface area (TPSA) is 29.9 Å². The standard InChI is InChI=1S/C17H18ClN3/c1-19-11-10-16(13-6-3-2-4-7-13)21-17-9-5-8-15(18)14(17)12-20-21/h2-9,12,16,19H,10-11H2,1H3. The van der Waals surface area contributed by atoms with E-state index in [2.05, 4.69) is 45.4 Å². The van der Waals surface area contributed by atoms with E-state index in [-0.39, 0.29) is 6.04 Å². The summed E-state index contributed by atoms with van der Waals surface area (Å²) in [5, 5.41) is 9.57. The zero-order valence-electron chi connectivity index (χ0n) is 12.0. The van der Waals surface area contributed by atoms with Gasteiger partial charge in [0.1, 0.15) is 0 Å². The van der Waals surface area contributed by atoms with Crippen molar-refractivity contribution in [2.45, 2.75) is 12.5 Å². The summed E-state index contributed by atoms with van der Waals surface area (Å²) in [6.07, 6.45) is 2.83. The molecule has 2 aromatic carbocycles. The lowest BCUT2D eigenvalue weighted by atomic mass is 10.0. The van der Waals surface area contributed by atoms with E-state index in [0.29, 0.717) is 0 Å². The Labute approximate surface area is 129 Å². The van der Waals surface area contributed by atoms with Gasteiger partial charge in [-0.2, -0.15) is 5.10 Å². The second-order valence-electron chi connectivity index (χ2n) is 5.08. The van der Waals surface area contributed by atoms with E-state index in [9.17, 15) is 0 Å². The summed E-state index contributed by atoms with van der Waals surface area (Å²) in [6.45, 7) is 0.932. The number of benzene rings is 2. The third-order valence-electron chi connectivity index (χ3n) is 3.74. The third kappa shape index (κ3) is 2.80. The molecule has 3 nitrogen and oxygen atoms in total. The number of nitrogens with one attached hydrogen (secondary N) is 1. The van der Waals surface area contributed by atoms with Gasteiger partial charge >= 0.3 is 0 Å². The van der Waals surface area contributed by atoms with Crippen LogP contribution in [0, 0.1) is 0 Å². The van der Waals surface area contributed by atoms with Crippen LogP contribution in [0.2, 0.25) is 5.02 Å². The summed E-state index contributed by atoms with van der Waals surface area (Å²) in [6, 6.07) is 16.6. The molecule has 21 heavy (non-hydrogen) atoms. The highest BCUT2D eigenvalue weighted by Crippen LogP contribution is 2.29. The van der Waals surface area contributed by atoms with E-state index >= 15 is 0 Å². The SMILES string of the molecule is CNCCC(c1ccccc1)n1ncc2c(Cl)cccc21. The quantitative estimate of drug-likeness (QED) is 0.774. The Balaban J connectivity index is 2.08. The predicted molar refractivity (Wildman–Crippen MR) is 87.9 cm³/mol. The second-order valence-corrected chi connectivity index (χ2v) is 5.49. The molecule has 1 aromatic heterocycles. The number of hydrogen-bond acceptors (Lipinski definition) is 2. The van der Waals surface area contributed by atoms with Crippen molar-refractivity contribution in [2.24, 2.45) is 0 Å². The van der Waals surface area contributed by atoms with Crippen LogP contribution in [0.4, 0.5) is 0 Å². The van der Waals surface area contributed by atoms with Crippen LogP contribution < -0.4 is 5.32 Å². The van der Waals surface area contributed by atoms with Crippen molar-refractivity contribution in [1.82, 2.24) is 15.1 Å². The van der Waals surface area contributed by atoms with Gasteiger partial charge in [0.2, 0.25) is 0 Å². The summed E-state index contributed by atoms with van der Waals surface area (Å²) in [5.41, 5.74) is 2.34. The normalized spacial score (nSPS) is 12.7. The smallest absolute Gasteiger partial charge is 0.0787 e. The summed E-state index contributed by atoms with van der Waals surface area (Å²) in [5.74, 6) is 0. The Bertz CT molecular complexity index is 721. The summed E-state index contributed by atoms with van der Waals surface area (Å²) >= 11 is 6.26. The number of aromatic nitrogens is 2. The van der Waals surface area contributed by atoms with Crippen LogP contribution in [-0.2, 0) is 0 Å². The highest BCUT2D eigenvalue weighted by molar-refractivity contribution is 6.35. The molecule has 0 amide bonds. The highest BCUT2D eigenvalue weighted by Gasteiger charge is 2.17. The zero-order chi connectivity index (χ0) is 14.7. The fraction of sp³-hybridized carbons (Fsp3) is 0.235. The molecule has 0 fully saturated rings. The lowest BCUT2D eigenvalue weighted by Gasteiger charge is -2.19. The number of halogens is 1. The van der Waals surface area contributed by atoms with Gasteiger partial charge in [0, 0.05) is 5.39 Å². The van der Waals surface area contributed by atoms with Gasteiger partial charge in [0.25, 0.3) is 0 Å². The third-order valence-corrected chi connectivity index (χ3v) is 4.06. The van der Waals surface area contributed by atoms with Gasteiger partial charge in [-0.1, -0.05) is 48.0 Å². The molecule has 0 aliphatic carbocycles. The average molecular weight is 300 g/mol. The van der Waals surface area contributed by atoms with E-state index < -0.39 is 0 Å². The fourth-order valence-corrected chi connectivity index (χ4v) is 2.89. The monoisotopic (exact) mass is 299 g/mol. The van der Waals surface area contributed by atoms with Gasteiger partial charge in [0.15, 0.2) is 0 Å². The number of hydrogen-bond donors (Lipinski definition) is 1. The van der Waals surface area contributed by atoms with Gasteiger partial charge in [-0.3, -0.25) is 4.68 Å². The predicted octanol–water partition coefficient (Wildman–Crippen LogP) is 3.89. The Kier molecular flexibility index (Phi) is 4.23. The molecular weight excluding hydrogens is 282 g/mol. The van der Waals surface area contributed by atoms with Crippen LogP contribution in [0.5, 0.6) is 0 Å². The molecule has 0 bridgehead atoms. The fourth-order valence-electron chi connectivity index (χ4n) is 2.67. The molecule has 0 saturated heterocycles. The first kappa shape index (κ1) is 14.1. The van der Waals surface area contributed by atoms with Crippen molar-refractivity contribution >= 4 is 22.5 Å². The van der Waals surface area contributed by atoms with E-state index in [1.807, 2.05) is 31.4 Å². The van der Waals surface area contributed by atoms with E-state index in [4.69, 9.17) is 11.6 Å². The molecule has 1 unspecified atom stereocenters. The van der Waals surface area contributed by atoms with Gasteiger partial charge in [-0.25, -0.2) is 0 Å². The number of nitrogens with zero attached hydrogens (tertiary/aromatic N) is 2. The van der Waals surface area contributed by atoms with Crippen LogP contribution in [0.1, 0.15) is 18.0 Å². The largest absolute Gasteiger partial charge is 0.320 e. The first-order chi connectivity index (χ1) is 10.3. The average Bonchev–Trinajstić information content (AvgIpc) is 2.94. The van der Waals surface area contributed by atoms with Gasteiger partial charge < -0.3 is 5.32 Å². The molecule has 1 N–H and O–H groups in total. The summed E-state index contributed by atoms with van der Waals surface area (Å²) in [7, 11) is 1.97. The van der Waals surface area contributed by atoms with Gasteiger partial charge in [-0.15, -0.1) is 0 Å². The maximum absolute atomic E-state index is 6.26. The molecule has 0 saturated carbocycles. The molecule has 1 heterocycles. The highest BCUT2D eigenvalue weighted by atomic mass is 35.5. The van der Waals surface area contributed by atoms with E-state index in [1.54, 1.807) is 0 Å². The van der Waals surface area contributed by atoms with Crippen LogP contribution in [0.25, 0.3) is 10.9 Å². The number of rotatable bonds is 5. The second kappa shape index (κ2) is 6.29. The van der Waals surface area contributed by atoms with Gasteiger partial charge in [-0.05, 0) is 37.7 Å². The van der Waals surface area contributed by atoms with Crippen molar-refractivity contribution in [2.75, 3.05) is 13.6 Å². The molecule has 108 valence electrons. The van der Waals surface area contributed by atoms with Crippen LogP contribution in [0.15, 0.2) is 54.7 Å². The Morgan fingerprint density at radius 1 is 1.14 bits per heavy atom. The molecule has 0 aliphatic heterocycles. The molecule has 3 rings (SSSR count). The Morgan fingerprint density at radius 2 is 1.95 bits per heavy atom. The molecule has 0 aliphatic rings. The molecule has 0 radical (unpaired) electrons. The lowest BCUT2D eigenvalue weighted by Crippen LogP contribution is -2.18. The van der Waals surface area contributed by atoms with Crippen LogP contribution >= 0.6 is 11.6 Å². The van der Waals surface area contributed by atoms with Crippen LogP contribution in [0.3, 0.4) is 0 Å². The van der Waals surface area contributed by atoms with Crippen LogP contribution in [-0.4, -0.2) is 23.4 Å². The first-order valence-corrected chi connectivity index (χ1v) is 7.50. The lowest BCUT2D eigenvalue weighted by molar-refractivity contribution is 0.494. The minimum absolute atomic E-state index is 0.203. The van der Waals surface area contributed by atoms with Crippen molar-refractivity contribution < 1.29 is 0 Å². The Morgan fingerprint density at radius 3 is 2.71 bits per heavy atom. The van der Waals surface area contributed by atoms with E-state index in [1.165, 1.54) is 5.56 Å². The molecular formula is C17H18ClN3. The van der Waals surface area contributed by atoms with Crippen molar-refractivity contribution in [1.29, 1.82) is 0 Å². The minimum atomic E-state index is 0.203. The Hall–Kier alpha value is -1.84. The maximum atomic E-state index is 6.26. The van der Waals surface area contributed by atoms with E-state index in [0.717, 1.165) is 28.9 Å². The summed E-state index contributed by atoms with van der Waals surface area (Å²) in [4.78, 5) is 0. The molecule has 3 aromatic rings. The minimum Gasteiger partial charge on any atom is -0.320 e. The molecule has 4 heteroatoms. The number of fused-ring (bicyclic) bond motifs is 1.